The van der Waals surface area contributed by atoms with E-state index in [-0.39, 0.29) is 12.0 Å². The van der Waals surface area contributed by atoms with Crippen molar-refractivity contribution in [1.29, 1.82) is 0 Å². The standard InChI is InChI=1S/C13H18N2O2/c1-9-11(6-7-17-9)8-15-13(16)10-2-4-12(14)5-3-10/h2-5,9,11H,6-8,14H2,1H3,(H,15,16). The summed E-state index contributed by atoms with van der Waals surface area (Å²) in [6.45, 7) is 3.51. The maximum Gasteiger partial charge on any atom is 0.251 e. The molecule has 0 spiro atoms. The van der Waals surface area contributed by atoms with Gasteiger partial charge in [0.2, 0.25) is 0 Å². The van der Waals surface area contributed by atoms with Crippen molar-refractivity contribution in [1.82, 2.24) is 5.32 Å². The van der Waals surface area contributed by atoms with Crippen LogP contribution in [0.15, 0.2) is 24.3 Å². The second-order valence-electron chi connectivity index (χ2n) is 4.46. The molecular formula is C13H18N2O2. The van der Waals surface area contributed by atoms with Gasteiger partial charge in [0.05, 0.1) is 6.10 Å². The van der Waals surface area contributed by atoms with Crippen LogP contribution in [0.2, 0.25) is 0 Å². The number of carbonyl (C=O) groups is 1. The maximum absolute atomic E-state index is 11.8. The highest BCUT2D eigenvalue weighted by Gasteiger charge is 2.24. The van der Waals surface area contributed by atoms with Crippen molar-refractivity contribution >= 4 is 11.6 Å². The van der Waals surface area contributed by atoms with Crippen molar-refractivity contribution in [2.45, 2.75) is 19.4 Å². The number of hydrogen-bond acceptors (Lipinski definition) is 3. The van der Waals surface area contributed by atoms with E-state index in [2.05, 4.69) is 5.32 Å². The predicted molar refractivity (Wildman–Crippen MR) is 66.7 cm³/mol. The highest BCUT2D eigenvalue weighted by molar-refractivity contribution is 5.94. The van der Waals surface area contributed by atoms with E-state index in [1.807, 2.05) is 6.92 Å². The molecule has 2 unspecified atom stereocenters. The first-order valence-corrected chi connectivity index (χ1v) is 5.92. The molecule has 3 N–H and O–H groups in total. The molecule has 0 radical (unpaired) electrons. The molecule has 1 aliphatic heterocycles. The molecule has 1 heterocycles. The zero-order chi connectivity index (χ0) is 12.3. The Labute approximate surface area is 101 Å². The van der Waals surface area contributed by atoms with Gasteiger partial charge in [0.25, 0.3) is 5.91 Å². The Morgan fingerprint density at radius 1 is 1.47 bits per heavy atom. The number of rotatable bonds is 3. The molecule has 92 valence electrons. The second kappa shape index (κ2) is 5.19. The minimum atomic E-state index is -0.0518. The Bertz CT molecular complexity index is 389. The van der Waals surface area contributed by atoms with Gasteiger partial charge in [-0.15, -0.1) is 0 Å². The lowest BCUT2D eigenvalue weighted by Crippen LogP contribution is -2.31. The molecule has 1 saturated heterocycles. The van der Waals surface area contributed by atoms with E-state index in [0.29, 0.717) is 23.7 Å². The lowest BCUT2D eigenvalue weighted by atomic mass is 10.0. The first-order chi connectivity index (χ1) is 8.16. The van der Waals surface area contributed by atoms with Crippen LogP contribution in [0.4, 0.5) is 5.69 Å². The van der Waals surface area contributed by atoms with Gasteiger partial charge in [0, 0.05) is 30.3 Å². The Kier molecular flexibility index (Phi) is 3.64. The number of nitrogens with one attached hydrogen (secondary N) is 1. The van der Waals surface area contributed by atoms with Gasteiger partial charge >= 0.3 is 0 Å². The van der Waals surface area contributed by atoms with E-state index in [1.54, 1.807) is 24.3 Å². The normalized spacial score (nSPS) is 23.6. The molecule has 1 aromatic carbocycles. The van der Waals surface area contributed by atoms with Crippen LogP contribution >= 0.6 is 0 Å². The molecular weight excluding hydrogens is 216 g/mol. The van der Waals surface area contributed by atoms with E-state index < -0.39 is 0 Å². The molecule has 4 heteroatoms. The third-order valence-electron chi connectivity index (χ3n) is 3.23. The molecule has 2 rings (SSSR count). The number of hydrogen-bond donors (Lipinski definition) is 2. The number of carbonyl (C=O) groups excluding carboxylic acids is 1. The number of nitrogen functional groups attached to an aromatic ring is 1. The molecule has 1 aliphatic rings. The third kappa shape index (κ3) is 2.97. The topological polar surface area (TPSA) is 64.3 Å². The average Bonchev–Trinajstić information content (AvgIpc) is 2.73. The van der Waals surface area contributed by atoms with Crippen molar-refractivity contribution < 1.29 is 9.53 Å². The zero-order valence-electron chi connectivity index (χ0n) is 9.98. The summed E-state index contributed by atoms with van der Waals surface area (Å²) in [7, 11) is 0. The van der Waals surface area contributed by atoms with Crippen molar-refractivity contribution in [2.24, 2.45) is 5.92 Å². The molecule has 17 heavy (non-hydrogen) atoms. The maximum atomic E-state index is 11.8. The SMILES string of the molecule is CC1OCCC1CNC(=O)c1ccc(N)cc1. The minimum Gasteiger partial charge on any atom is -0.399 e. The van der Waals surface area contributed by atoms with Gasteiger partial charge in [-0.25, -0.2) is 0 Å². The van der Waals surface area contributed by atoms with Crippen molar-refractivity contribution in [3.05, 3.63) is 29.8 Å². The monoisotopic (exact) mass is 234 g/mol. The van der Waals surface area contributed by atoms with Gasteiger partial charge in [-0.3, -0.25) is 4.79 Å². The van der Waals surface area contributed by atoms with Crippen LogP contribution < -0.4 is 11.1 Å². The Balaban J connectivity index is 1.87. The smallest absolute Gasteiger partial charge is 0.251 e. The van der Waals surface area contributed by atoms with Crippen LogP contribution in [0.25, 0.3) is 0 Å². The van der Waals surface area contributed by atoms with Crippen LogP contribution in [0.5, 0.6) is 0 Å². The molecule has 0 aliphatic carbocycles. The van der Waals surface area contributed by atoms with Crippen LogP contribution in [-0.4, -0.2) is 25.2 Å². The molecule has 4 nitrogen and oxygen atoms in total. The number of benzene rings is 1. The Morgan fingerprint density at radius 3 is 2.76 bits per heavy atom. The number of anilines is 1. The lowest BCUT2D eigenvalue weighted by Gasteiger charge is -2.14. The van der Waals surface area contributed by atoms with E-state index in [4.69, 9.17) is 10.5 Å². The summed E-state index contributed by atoms with van der Waals surface area (Å²) in [5, 5.41) is 2.93. The highest BCUT2D eigenvalue weighted by Crippen LogP contribution is 2.19. The third-order valence-corrected chi connectivity index (χ3v) is 3.23. The predicted octanol–water partition coefficient (Wildman–Crippen LogP) is 1.42. The Hall–Kier alpha value is -1.55. The van der Waals surface area contributed by atoms with Crippen LogP contribution in [0.3, 0.4) is 0 Å². The first-order valence-electron chi connectivity index (χ1n) is 5.92. The summed E-state index contributed by atoms with van der Waals surface area (Å²) < 4.78 is 5.45. The number of amides is 1. The van der Waals surface area contributed by atoms with Crippen LogP contribution in [0.1, 0.15) is 23.7 Å². The van der Waals surface area contributed by atoms with E-state index >= 15 is 0 Å². The molecule has 1 aromatic rings. The largest absolute Gasteiger partial charge is 0.399 e. The fourth-order valence-corrected chi connectivity index (χ4v) is 2.00. The number of nitrogens with two attached hydrogens (primary N) is 1. The average molecular weight is 234 g/mol. The van der Waals surface area contributed by atoms with E-state index in [9.17, 15) is 4.79 Å². The summed E-state index contributed by atoms with van der Waals surface area (Å²) in [5.41, 5.74) is 6.88. The fourth-order valence-electron chi connectivity index (χ4n) is 2.00. The molecule has 0 aromatic heterocycles. The summed E-state index contributed by atoms with van der Waals surface area (Å²) in [6.07, 6.45) is 1.25. The quantitative estimate of drug-likeness (QED) is 0.777. The zero-order valence-corrected chi connectivity index (χ0v) is 9.98. The van der Waals surface area contributed by atoms with Crippen molar-refractivity contribution in [3.63, 3.8) is 0 Å². The molecule has 2 atom stereocenters. The van der Waals surface area contributed by atoms with Gasteiger partial charge in [0.15, 0.2) is 0 Å². The molecule has 0 saturated carbocycles. The Morgan fingerprint density at radius 2 is 2.18 bits per heavy atom. The first kappa shape index (κ1) is 11.9. The molecule has 1 fully saturated rings. The summed E-state index contributed by atoms with van der Waals surface area (Å²) >= 11 is 0. The lowest BCUT2D eigenvalue weighted by molar-refractivity contribution is 0.0907. The van der Waals surface area contributed by atoms with Gasteiger partial charge < -0.3 is 15.8 Å². The van der Waals surface area contributed by atoms with Crippen molar-refractivity contribution in [3.8, 4) is 0 Å². The summed E-state index contributed by atoms with van der Waals surface area (Å²) in [4.78, 5) is 11.8. The number of ether oxygens (including phenoxy) is 1. The molecule has 0 bridgehead atoms. The van der Waals surface area contributed by atoms with Gasteiger partial charge in [-0.05, 0) is 37.6 Å². The highest BCUT2D eigenvalue weighted by atomic mass is 16.5. The summed E-state index contributed by atoms with van der Waals surface area (Å²) in [5.74, 6) is 0.372. The van der Waals surface area contributed by atoms with E-state index in [1.165, 1.54) is 0 Å². The fraction of sp³-hybridized carbons (Fsp3) is 0.462. The molecule has 1 amide bonds. The minimum absolute atomic E-state index is 0.0518. The van der Waals surface area contributed by atoms with Gasteiger partial charge in [-0.2, -0.15) is 0 Å². The van der Waals surface area contributed by atoms with Crippen LogP contribution in [-0.2, 0) is 4.74 Å². The van der Waals surface area contributed by atoms with Crippen molar-refractivity contribution in [2.75, 3.05) is 18.9 Å². The van der Waals surface area contributed by atoms with E-state index in [0.717, 1.165) is 13.0 Å². The van der Waals surface area contributed by atoms with Gasteiger partial charge in [-0.1, -0.05) is 0 Å². The van der Waals surface area contributed by atoms with Gasteiger partial charge in [0.1, 0.15) is 0 Å². The second-order valence-corrected chi connectivity index (χ2v) is 4.46. The summed E-state index contributed by atoms with van der Waals surface area (Å²) in [6, 6.07) is 6.94. The van der Waals surface area contributed by atoms with Crippen LogP contribution in [0, 0.1) is 5.92 Å².